The van der Waals surface area contributed by atoms with Gasteiger partial charge in [0.25, 0.3) is 0 Å². The lowest BCUT2D eigenvalue weighted by Gasteiger charge is -2.15. The minimum absolute atomic E-state index is 0.104. The van der Waals surface area contributed by atoms with Crippen LogP contribution in [-0.4, -0.2) is 0 Å². The molecule has 0 fully saturated rings. The predicted molar refractivity (Wildman–Crippen MR) is 72.8 cm³/mol. The maximum Gasteiger partial charge on any atom is 0.123 e. The van der Waals surface area contributed by atoms with Crippen LogP contribution in [0.15, 0.2) is 18.2 Å². The second-order valence-corrected chi connectivity index (χ2v) is 5.05. The molecule has 0 atom stereocenters. The van der Waals surface area contributed by atoms with Crippen molar-refractivity contribution in [1.29, 1.82) is 0 Å². The van der Waals surface area contributed by atoms with Gasteiger partial charge in [-0.3, -0.25) is 0 Å². The molecule has 0 saturated carbocycles. The Bertz CT molecular complexity index is 324. The van der Waals surface area contributed by atoms with Gasteiger partial charge >= 0.3 is 0 Å². The summed E-state index contributed by atoms with van der Waals surface area (Å²) in [5.41, 5.74) is 2.40. The van der Waals surface area contributed by atoms with Crippen molar-refractivity contribution >= 4 is 0 Å². The summed E-state index contributed by atoms with van der Waals surface area (Å²) in [5.74, 6) is 0.709. The van der Waals surface area contributed by atoms with Gasteiger partial charge in [0.2, 0.25) is 0 Å². The van der Waals surface area contributed by atoms with Gasteiger partial charge in [0, 0.05) is 0 Å². The summed E-state index contributed by atoms with van der Waals surface area (Å²) in [6.07, 6.45) is 7.35. The summed E-state index contributed by atoms with van der Waals surface area (Å²) in [6.45, 7) is 6.57. The summed E-state index contributed by atoms with van der Waals surface area (Å²) in [7, 11) is 0. The van der Waals surface area contributed by atoms with E-state index in [1.807, 2.05) is 6.07 Å². The van der Waals surface area contributed by atoms with Gasteiger partial charge in [-0.2, -0.15) is 0 Å². The maximum atomic E-state index is 13.2. The molecule has 0 heterocycles. The second kappa shape index (κ2) is 7.47. The van der Waals surface area contributed by atoms with Crippen LogP contribution in [0.4, 0.5) is 4.39 Å². The molecule has 1 aromatic carbocycles. The van der Waals surface area contributed by atoms with Crippen molar-refractivity contribution in [2.45, 2.75) is 59.3 Å². The molecule has 0 saturated heterocycles. The number of aryl methyl sites for hydroxylation is 2. The highest BCUT2D eigenvalue weighted by molar-refractivity contribution is 5.26. The first-order valence-electron chi connectivity index (χ1n) is 6.92. The Morgan fingerprint density at radius 1 is 1.06 bits per heavy atom. The molecule has 17 heavy (non-hydrogen) atoms. The lowest BCUT2D eigenvalue weighted by Crippen LogP contribution is -2.03. The SMILES string of the molecule is CCCC(CCC)CCc1cc(F)ccc1C. The zero-order valence-corrected chi connectivity index (χ0v) is 11.4. The van der Waals surface area contributed by atoms with Crippen molar-refractivity contribution in [1.82, 2.24) is 0 Å². The van der Waals surface area contributed by atoms with Gasteiger partial charge in [-0.1, -0.05) is 45.6 Å². The molecule has 0 amide bonds. The molecule has 0 unspecified atom stereocenters. The molecule has 0 radical (unpaired) electrons. The summed E-state index contributed by atoms with van der Waals surface area (Å²) in [6, 6.07) is 5.14. The fourth-order valence-electron chi connectivity index (χ4n) is 2.52. The van der Waals surface area contributed by atoms with Crippen molar-refractivity contribution in [2.24, 2.45) is 5.92 Å². The molecule has 0 aliphatic carbocycles. The lowest BCUT2D eigenvalue weighted by atomic mass is 9.90. The Labute approximate surface area is 105 Å². The van der Waals surface area contributed by atoms with Crippen LogP contribution in [0.2, 0.25) is 0 Å². The molecule has 0 N–H and O–H groups in total. The van der Waals surface area contributed by atoms with E-state index < -0.39 is 0 Å². The highest BCUT2D eigenvalue weighted by Gasteiger charge is 2.08. The van der Waals surface area contributed by atoms with Crippen molar-refractivity contribution in [2.75, 3.05) is 0 Å². The van der Waals surface area contributed by atoms with Gasteiger partial charge in [-0.15, -0.1) is 0 Å². The fourth-order valence-corrected chi connectivity index (χ4v) is 2.52. The van der Waals surface area contributed by atoms with Crippen LogP contribution in [0.1, 0.15) is 57.1 Å². The first-order valence-corrected chi connectivity index (χ1v) is 6.92. The Balaban J connectivity index is 2.55. The van der Waals surface area contributed by atoms with Gasteiger partial charge in [0.05, 0.1) is 0 Å². The molecule has 0 aliphatic rings. The van der Waals surface area contributed by atoms with Gasteiger partial charge < -0.3 is 0 Å². The van der Waals surface area contributed by atoms with Crippen LogP contribution in [-0.2, 0) is 6.42 Å². The number of hydrogen-bond acceptors (Lipinski definition) is 0. The summed E-state index contributed by atoms with van der Waals surface area (Å²) >= 11 is 0. The maximum absolute atomic E-state index is 13.2. The topological polar surface area (TPSA) is 0 Å². The molecule has 0 spiro atoms. The van der Waals surface area contributed by atoms with E-state index in [1.165, 1.54) is 43.2 Å². The first kappa shape index (κ1) is 14.2. The zero-order valence-electron chi connectivity index (χ0n) is 11.4. The standard InChI is InChI=1S/C16H25F/c1-4-6-14(7-5-2)9-10-15-12-16(17)11-8-13(15)3/h8,11-12,14H,4-7,9-10H2,1-3H3. The van der Waals surface area contributed by atoms with E-state index in [0.717, 1.165) is 12.3 Å². The second-order valence-electron chi connectivity index (χ2n) is 5.05. The van der Waals surface area contributed by atoms with E-state index in [9.17, 15) is 4.39 Å². The van der Waals surface area contributed by atoms with E-state index in [4.69, 9.17) is 0 Å². The summed E-state index contributed by atoms with van der Waals surface area (Å²) < 4.78 is 13.2. The van der Waals surface area contributed by atoms with E-state index in [-0.39, 0.29) is 5.82 Å². The van der Waals surface area contributed by atoms with Crippen molar-refractivity contribution < 1.29 is 4.39 Å². The van der Waals surface area contributed by atoms with E-state index in [2.05, 4.69) is 20.8 Å². The van der Waals surface area contributed by atoms with Crippen molar-refractivity contribution in [3.05, 3.63) is 35.1 Å². The van der Waals surface area contributed by atoms with E-state index >= 15 is 0 Å². The van der Waals surface area contributed by atoms with Crippen LogP contribution in [0.25, 0.3) is 0 Å². The average molecular weight is 236 g/mol. The van der Waals surface area contributed by atoms with Gasteiger partial charge in [0.1, 0.15) is 5.82 Å². The van der Waals surface area contributed by atoms with Crippen molar-refractivity contribution in [3.8, 4) is 0 Å². The fraction of sp³-hybridized carbons (Fsp3) is 0.625. The van der Waals surface area contributed by atoms with Crippen LogP contribution < -0.4 is 0 Å². The first-order chi connectivity index (χ1) is 8.17. The van der Waals surface area contributed by atoms with Crippen LogP contribution in [0, 0.1) is 18.7 Å². The van der Waals surface area contributed by atoms with Gasteiger partial charge in [0.15, 0.2) is 0 Å². The zero-order chi connectivity index (χ0) is 12.7. The summed E-state index contributed by atoms with van der Waals surface area (Å²) in [4.78, 5) is 0. The lowest BCUT2D eigenvalue weighted by molar-refractivity contribution is 0.411. The third-order valence-corrected chi connectivity index (χ3v) is 3.53. The molecule has 1 rings (SSSR count). The third-order valence-electron chi connectivity index (χ3n) is 3.53. The Hall–Kier alpha value is -0.850. The molecule has 0 bridgehead atoms. The normalized spacial score (nSPS) is 11.1. The van der Waals surface area contributed by atoms with Gasteiger partial charge in [-0.05, 0) is 48.9 Å². The number of hydrogen-bond donors (Lipinski definition) is 0. The molecule has 1 heteroatoms. The van der Waals surface area contributed by atoms with E-state index in [1.54, 1.807) is 12.1 Å². The van der Waals surface area contributed by atoms with Crippen molar-refractivity contribution in [3.63, 3.8) is 0 Å². The average Bonchev–Trinajstić information content (AvgIpc) is 2.30. The Morgan fingerprint density at radius 3 is 2.29 bits per heavy atom. The predicted octanol–water partition coefficient (Wildman–Crippen LogP) is 5.28. The molecule has 0 aliphatic heterocycles. The molecule has 0 aromatic heterocycles. The highest BCUT2D eigenvalue weighted by atomic mass is 19.1. The van der Waals surface area contributed by atoms with Crippen LogP contribution in [0.3, 0.4) is 0 Å². The number of rotatable bonds is 7. The minimum Gasteiger partial charge on any atom is -0.207 e. The number of benzene rings is 1. The molecular weight excluding hydrogens is 211 g/mol. The smallest absolute Gasteiger partial charge is 0.123 e. The largest absolute Gasteiger partial charge is 0.207 e. The summed E-state index contributed by atoms with van der Waals surface area (Å²) in [5, 5.41) is 0. The quantitative estimate of drug-likeness (QED) is 0.604. The third kappa shape index (κ3) is 4.89. The van der Waals surface area contributed by atoms with Crippen LogP contribution >= 0.6 is 0 Å². The molecular formula is C16H25F. The number of halogens is 1. The monoisotopic (exact) mass is 236 g/mol. The molecule has 0 nitrogen and oxygen atoms in total. The van der Waals surface area contributed by atoms with Crippen LogP contribution in [0.5, 0.6) is 0 Å². The minimum atomic E-state index is -0.104. The molecule has 1 aromatic rings. The van der Waals surface area contributed by atoms with E-state index in [0.29, 0.717) is 0 Å². The van der Waals surface area contributed by atoms with Gasteiger partial charge in [-0.25, -0.2) is 4.39 Å². The Morgan fingerprint density at radius 2 is 1.71 bits per heavy atom. The molecule has 96 valence electrons. The Kier molecular flexibility index (Phi) is 6.25. The highest BCUT2D eigenvalue weighted by Crippen LogP contribution is 2.21.